The third-order valence-corrected chi connectivity index (χ3v) is 27.0. The van der Waals surface area contributed by atoms with E-state index in [4.69, 9.17) is 0 Å². The molecule has 0 spiro atoms. The average Bonchev–Trinajstić information content (AvgIpc) is 0.736. The molecule has 25 aromatic rings. The summed E-state index contributed by atoms with van der Waals surface area (Å²) in [6, 6.07) is 203. The topological polar surface area (TPSA) is 0 Å². The van der Waals surface area contributed by atoms with Gasteiger partial charge >= 0.3 is 0 Å². The monoisotopic (exact) mass is 1720 g/mol. The minimum absolute atomic E-state index is 1.22. The fourth-order valence-corrected chi connectivity index (χ4v) is 20.5. The molecule has 25 aromatic carbocycles. The number of hydrogen-bond acceptors (Lipinski definition) is 0. The summed E-state index contributed by atoms with van der Waals surface area (Å²) in [5, 5.41) is 17.7. The van der Waals surface area contributed by atoms with Crippen LogP contribution in [0.5, 0.6) is 0 Å². The van der Waals surface area contributed by atoms with E-state index in [0.29, 0.717) is 0 Å². The zero-order chi connectivity index (χ0) is 90.5. The van der Waals surface area contributed by atoms with Crippen molar-refractivity contribution >= 4 is 75.4 Å². The largest absolute Gasteiger partial charge is 0.0622 e. The van der Waals surface area contributed by atoms with Gasteiger partial charge in [0.25, 0.3) is 0 Å². The summed E-state index contributed by atoms with van der Waals surface area (Å²) in [6.07, 6.45) is 0. The van der Waals surface area contributed by atoms with Crippen molar-refractivity contribution in [2.24, 2.45) is 0 Å². The highest BCUT2D eigenvalue weighted by Crippen LogP contribution is 2.51. The molecule has 0 heteroatoms. The van der Waals surface area contributed by atoms with Crippen LogP contribution < -0.4 is 0 Å². The molecule has 0 radical (unpaired) electrons. The molecule has 0 saturated heterocycles. The number of hydrogen-bond donors (Lipinski definition) is 0. The van der Waals surface area contributed by atoms with Crippen LogP contribution in [0.15, 0.2) is 558 Å². The van der Waals surface area contributed by atoms with Crippen LogP contribution in [0, 0.1) is 0 Å². The Hall–Kier alpha value is -17.7. The molecule has 0 atom stereocenters. The predicted octanol–water partition coefficient (Wildman–Crippen LogP) is 38.1. The van der Waals surface area contributed by atoms with E-state index in [0.717, 1.165) is 0 Å². The zero-order valence-electron chi connectivity index (χ0n) is 75.1. The number of fused-ring (bicyclic) bond motifs is 7. The quantitative estimate of drug-likeness (QED) is 0.0898. The molecule has 0 amide bonds. The second-order valence-electron chi connectivity index (χ2n) is 35.1. The number of rotatable bonds is 15. The Labute approximate surface area is 794 Å². The van der Waals surface area contributed by atoms with E-state index in [9.17, 15) is 0 Å². The highest BCUT2D eigenvalue weighted by atomic mass is 14.3. The lowest BCUT2D eigenvalue weighted by Crippen LogP contribution is -1.92. The Bertz CT molecular complexity index is 8630. The molecule has 0 nitrogen and oxygen atoms in total. The lowest BCUT2D eigenvalue weighted by molar-refractivity contribution is 1.60. The van der Waals surface area contributed by atoms with E-state index in [-0.39, 0.29) is 0 Å². The maximum Gasteiger partial charge on any atom is -0.00259 e. The van der Waals surface area contributed by atoms with E-state index in [1.807, 2.05) is 0 Å². The Balaban J connectivity index is 0.000000115. The summed E-state index contributed by atoms with van der Waals surface area (Å²) in [7, 11) is 0. The standard InChI is InChI=1S/C48H32.2C44H30/c1-3-12-33(13-4-1)35-22-26-38(27-23-35)47-43-19-9-10-20-44(43)48(39-28-24-36(25-29-39)34-14-5-2-6-15-34)46-32-40(30-31-45(46)47)42-21-11-17-37-16-7-8-18-41(37)42;1-4-14-31(15-5-1)34-20-12-22-37(28-34)43-39-24-10-11-25-40(39)44(38-23-13-21-35(29-38)32-16-6-2-7-17-32)42-30-36(26-27-41(42)43)33-18-8-3-9-19-33;1-4-12-31(13-5-1)34-20-24-36(25-21-34)43-39-18-10-11-19-40(39)44(37-26-22-35(23-27-37)32-14-6-2-7-15-32)42-30-38(28-29-41(42)43)33-16-8-3-9-17-33/h1-32H;2*1-30H. The van der Waals surface area contributed by atoms with Gasteiger partial charge in [-0.05, 0) is 273 Å². The minimum Gasteiger partial charge on any atom is -0.0622 e. The Morgan fingerprint density at radius 3 is 0.529 bits per heavy atom. The summed E-state index contributed by atoms with van der Waals surface area (Å²) in [4.78, 5) is 0. The summed E-state index contributed by atoms with van der Waals surface area (Å²) in [5.74, 6) is 0. The van der Waals surface area contributed by atoms with Crippen molar-refractivity contribution in [3.63, 3.8) is 0 Å². The summed E-state index contributed by atoms with van der Waals surface area (Å²) in [6.45, 7) is 0. The van der Waals surface area contributed by atoms with Crippen molar-refractivity contribution in [1.29, 1.82) is 0 Å². The van der Waals surface area contributed by atoms with Crippen molar-refractivity contribution < 1.29 is 0 Å². The van der Waals surface area contributed by atoms with Gasteiger partial charge < -0.3 is 0 Å². The van der Waals surface area contributed by atoms with Crippen LogP contribution in [0.2, 0.25) is 0 Å². The third kappa shape index (κ3) is 16.4. The molecule has 0 fully saturated rings. The lowest BCUT2D eigenvalue weighted by atomic mass is 9.84. The van der Waals surface area contributed by atoms with Crippen LogP contribution in [0.4, 0.5) is 0 Å². The van der Waals surface area contributed by atoms with Gasteiger partial charge in [-0.15, -0.1) is 0 Å². The highest BCUT2D eigenvalue weighted by Gasteiger charge is 2.24. The molecule has 0 N–H and O–H groups in total. The van der Waals surface area contributed by atoms with E-state index in [2.05, 4.69) is 558 Å². The van der Waals surface area contributed by atoms with E-state index in [1.165, 1.54) is 242 Å². The molecule has 636 valence electrons. The molecule has 136 heavy (non-hydrogen) atoms. The van der Waals surface area contributed by atoms with Crippen LogP contribution in [-0.4, -0.2) is 0 Å². The van der Waals surface area contributed by atoms with Crippen LogP contribution in [-0.2, 0) is 0 Å². The SMILES string of the molecule is c1ccc(-c2ccc(-c3c4ccccc4c(-c4ccc(-c5ccccc5)cc4)c4cc(-c5cccc6ccccc56)ccc34)cc2)cc1.c1ccc(-c2ccc(-c3c4ccccc4c(-c4ccc(-c5ccccc5)cc4)c4cc(-c5ccccc5)ccc34)cc2)cc1.c1ccc(-c2cccc(-c3c4ccccc4c(-c4cccc(-c5ccccc5)c4)c4cc(-c5ccccc5)ccc34)c2)cc1. The smallest absolute Gasteiger partial charge is 0.00259 e. The van der Waals surface area contributed by atoms with Gasteiger partial charge in [-0.3, -0.25) is 0 Å². The minimum atomic E-state index is 1.22. The van der Waals surface area contributed by atoms with Gasteiger partial charge in [0.05, 0.1) is 0 Å². The van der Waals surface area contributed by atoms with Gasteiger partial charge in [0.1, 0.15) is 0 Å². The van der Waals surface area contributed by atoms with E-state index < -0.39 is 0 Å². The zero-order valence-corrected chi connectivity index (χ0v) is 75.1. The Morgan fingerprint density at radius 2 is 0.235 bits per heavy atom. The molecule has 0 saturated carbocycles. The maximum absolute atomic E-state index is 2.42. The fourth-order valence-electron chi connectivity index (χ4n) is 20.5. The highest BCUT2D eigenvalue weighted by molar-refractivity contribution is 6.25. The molecule has 0 aliphatic carbocycles. The summed E-state index contributed by atoms with van der Waals surface area (Å²) >= 11 is 0. The molecule has 0 heterocycles. The lowest BCUT2D eigenvalue weighted by Gasteiger charge is -2.19. The first-order valence-corrected chi connectivity index (χ1v) is 47.0. The van der Waals surface area contributed by atoms with Gasteiger partial charge in [0, 0.05) is 0 Å². The maximum atomic E-state index is 2.42. The predicted molar refractivity (Wildman–Crippen MR) is 583 cm³/mol. The second kappa shape index (κ2) is 37.3. The van der Waals surface area contributed by atoms with Gasteiger partial charge in [-0.1, -0.05) is 528 Å². The molecule has 0 unspecified atom stereocenters. The first-order valence-electron chi connectivity index (χ1n) is 47.0. The van der Waals surface area contributed by atoms with Crippen molar-refractivity contribution in [2.75, 3.05) is 0 Å². The van der Waals surface area contributed by atoms with Crippen LogP contribution >= 0.6 is 0 Å². The van der Waals surface area contributed by atoms with Crippen LogP contribution in [0.25, 0.3) is 242 Å². The Kier molecular flexibility index (Phi) is 22.7. The van der Waals surface area contributed by atoms with E-state index in [1.54, 1.807) is 0 Å². The first-order chi connectivity index (χ1) is 67.5. The molecule has 0 bridgehead atoms. The molecule has 25 rings (SSSR count). The van der Waals surface area contributed by atoms with Crippen molar-refractivity contribution in [3.8, 4) is 167 Å². The average molecular weight is 1730 g/mol. The Morgan fingerprint density at radius 1 is 0.0735 bits per heavy atom. The number of benzene rings is 25. The summed E-state index contributed by atoms with van der Waals surface area (Å²) < 4.78 is 0. The van der Waals surface area contributed by atoms with Gasteiger partial charge in [-0.25, -0.2) is 0 Å². The molecule has 0 aliphatic rings. The van der Waals surface area contributed by atoms with Crippen molar-refractivity contribution in [2.45, 2.75) is 0 Å². The van der Waals surface area contributed by atoms with Crippen LogP contribution in [0.1, 0.15) is 0 Å². The molecular weight excluding hydrogens is 1630 g/mol. The molecular formula is C136H92. The second-order valence-corrected chi connectivity index (χ2v) is 35.1. The van der Waals surface area contributed by atoms with Gasteiger partial charge in [0.2, 0.25) is 0 Å². The van der Waals surface area contributed by atoms with E-state index >= 15 is 0 Å². The van der Waals surface area contributed by atoms with Gasteiger partial charge in [0.15, 0.2) is 0 Å². The van der Waals surface area contributed by atoms with Crippen LogP contribution in [0.3, 0.4) is 0 Å². The molecule has 0 aromatic heterocycles. The van der Waals surface area contributed by atoms with Gasteiger partial charge in [-0.2, -0.15) is 0 Å². The molecule has 0 aliphatic heterocycles. The third-order valence-electron chi connectivity index (χ3n) is 27.0. The van der Waals surface area contributed by atoms with Crippen molar-refractivity contribution in [3.05, 3.63) is 558 Å². The normalized spacial score (nSPS) is 11.2. The first kappa shape index (κ1) is 82.7. The fraction of sp³-hybridized carbons (Fsp3) is 0. The van der Waals surface area contributed by atoms with Crippen molar-refractivity contribution in [1.82, 2.24) is 0 Å². The summed E-state index contributed by atoms with van der Waals surface area (Å²) in [5.41, 5.74) is 37.1.